The molecule has 1 atom stereocenters. The van der Waals surface area contributed by atoms with Crippen molar-refractivity contribution in [1.82, 2.24) is 4.90 Å². The van der Waals surface area contributed by atoms with E-state index in [-0.39, 0.29) is 13.0 Å². The van der Waals surface area contributed by atoms with Crippen LogP contribution in [0.4, 0.5) is 4.79 Å². The largest absolute Gasteiger partial charge is 0.479 e. The first kappa shape index (κ1) is 11.1. The summed E-state index contributed by atoms with van der Waals surface area (Å²) in [5, 5.41) is 20.9. The number of hydrogen-bond acceptors (Lipinski definition) is 3. The van der Waals surface area contributed by atoms with Crippen LogP contribution in [-0.2, 0) is 4.79 Å². The summed E-state index contributed by atoms with van der Waals surface area (Å²) in [7, 11) is 0. The van der Waals surface area contributed by atoms with Gasteiger partial charge in [-0.15, -0.1) is 0 Å². The van der Waals surface area contributed by atoms with Gasteiger partial charge in [-0.3, -0.25) is 4.90 Å². The first-order valence-corrected chi connectivity index (χ1v) is 4.35. The van der Waals surface area contributed by atoms with Crippen molar-refractivity contribution in [2.75, 3.05) is 6.54 Å². The van der Waals surface area contributed by atoms with Crippen LogP contribution < -0.4 is 0 Å². The molecule has 0 spiro atoms. The molecule has 1 saturated heterocycles. The molecule has 0 saturated carbocycles. The quantitative estimate of drug-likeness (QED) is 0.407. The lowest BCUT2D eigenvalue weighted by molar-refractivity contribution is -0.152. The average molecular weight is 214 g/mol. The van der Waals surface area contributed by atoms with Crippen molar-refractivity contribution in [3.8, 4) is 0 Å². The van der Waals surface area contributed by atoms with Gasteiger partial charge in [0.1, 0.15) is 0 Å². The smallest absolute Gasteiger partial charge is 0.408 e. The lowest BCUT2D eigenvalue weighted by atomic mass is 9.96. The molecule has 1 rings (SSSR count). The summed E-state index contributed by atoms with van der Waals surface area (Å²) in [6.45, 7) is 0.0701. The molecule has 1 amide bonds. The number of hydrogen-bond donors (Lipinski definition) is 2. The van der Waals surface area contributed by atoms with Crippen LogP contribution >= 0.6 is 0 Å². The molecule has 8 nitrogen and oxygen atoms in total. The molecule has 1 aliphatic heterocycles. The molecule has 0 aromatic rings. The van der Waals surface area contributed by atoms with Crippen molar-refractivity contribution in [3.63, 3.8) is 0 Å². The van der Waals surface area contributed by atoms with E-state index in [2.05, 4.69) is 10.0 Å². The molecule has 0 aromatic heterocycles. The highest BCUT2D eigenvalue weighted by Gasteiger charge is 2.48. The number of aliphatic carboxylic acids is 1. The molecular formula is C7H10N4O4. The van der Waals surface area contributed by atoms with E-state index in [9.17, 15) is 9.59 Å². The van der Waals surface area contributed by atoms with Gasteiger partial charge in [0.2, 0.25) is 5.66 Å². The number of rotatable bonds is 2. The van der Waals surface area contributed by atoms with Gasteiger partial charge in [-0.2, -0.15) is 0 Å². The van der Waals surface area contributed by atoms with Crippen molar-refractivity contribution in [2.45, 2.75) is 24.9 Å². The molecule has 2 N–H and O–H groups in total. The Balaban J connectivity index is 3.15. The molecule has 0 radical (unpaired) electrons. The third kappa shape index (κ3) is 1.79. The third-order valence-corrected chi connectivity index (χ3v) is 2.39. The number of carboxylic acid groups (broad SMARTS) is 2. The second kappa shape index (κ2) is 4.05. The van der Waals surface area contributed by atoms with Gasteiger partial charge in [-0.05, 0) is 24.8 Å². The van der Waals surface area contributed by atoms with Crippen LogP contribution in [0.2, 0.25) is 0 Å². The Morgan fingerprint density at radius 3 is 2.53 bits per heavy atom. The topological polar surface area (TPSA) is 127 Å². The fourth-order valence-corrected chi connectivity index (χ4v) is 1.66. The normalized spacial score (nSPS) is 25.5. The molecular weight excluding hydrogens is 204 g/mol. The van der Waals surface area contributed by atoms with Crippen molar-refractivity contribution in [3.05, 3.63) is 10.4 Å². The van der Waals surface area contributed by atoms with E-state index in [0.717, 1.165) is 0 Å². The Labute approximate surface area is 84.7 Å². The number of carboxylic acids is 1. The minimum Gasteiger partial charge on any atom is -0.479 e. The Morgan fingerprint density at radius 2 is 2.07 bits per heavy atom. The SMILES string of the molecule is [N-]=[N+]=NC1(C(=O)O)CCCCN1C(=O)O. The summed E-state index contributed by atoms with van der Waals surface area (Å²) in [4.78, 5) is 24.9. The van der Waals surface area contributed by atoms with Gasteiger partial charge in [0.25, 0.3) is 0 Å². The van der Waals surface area contributed by atoms with E-state index >= 15 is 0 Å². The van der Waals surface area contributed by atoms with Crippen LogP contribution in [0.15, 0.2) is 5.11 Å². The minimum atomic E-state index is -1.97. The molecule has 15 heavy (non-hydrogen) atoms. The molecule has 82 valence electrons. The Hall–Kier alpha value is -1.95. The minimum absolute atomic E-state index is 0.0126. The number of amides is 1. The standard InChI is InChI=1S/C7H10N4O4/c8-10-9-7(5(12)13)3-1-2-4-11(7)6(14)15/h1-4H2,(H,12,13)(H,14,15). The van der Waals surface area contributed by atoms with Crippen LogP contribution in [0.25, 0.3) is 10.4 Å². The highest BCUT2D eigenvalue weighted by atomic mass is 16.4. The molecule has 1 unspecified atom stereocenters. The lowest BCUT2D eigenvalue weighted by Gasteiger charge is -2.38. The van der Waals surface area contributed by atoms with E-state index in [1.807, 2.05) is 0 Å². The zero-order valence-corrected chi connectivity index (χ0v) is 7.83. The van der Waals surface area contributed by atoms with Crippen LogP contribution in [-0.4, -0.2) is 39.4 Å². The van der Waals surface area contributed by atoms with Crippen molar-refractivity contribution >= 4 is 12.1 Å². The summed E-state index contributed by atoms with van der Waals surface area (Å²) in [6, 6.07) is 0. The molecule has 1 heterocycles. The molecule has 1 aliphatic rings. The van der Waals surface area contributed by atoms with Gasteiger partial charge in [0.15, 0.2) is 0 Å². The Bertz CT molecular complexity index is 334. The maximum Gasteiger partial charge on any atom is 0.408 e. The number of nitrogens with zero attached hydrogens (tertiary/aromatic N) is 4. The van der Waals surface area contributed by atoms with Gasteiger partial charge in [-0.25, -0.2) is 9.59 Å². The van der Waals surface area contributed by atoms with Crippen molar-refractivity contribution in [2.24, 2.45) is 5.11 Å². The average Bonchev–Trinajstić information content (AvgIpc) is 2.18. The number of likely N-dealkylation sites (tertiary alicyclic amines) is 1. The highest BCUT2D eigenvalue weighted by molar-refractivity contribution is 5.83. The zero-order chi connectivity index (χ0) is 11.5. The first-order valence-electron chi connectivity index (χ1n) is 4.35. The Kier molecular flexibility index (Phi) is 3.01. The summed E-state index contributed by atoms with van der Waals surface area (Å²) in [6.07, 6.45) is -0.278. The molecule has 0 aliphatic carbocycles. The van der Waals surface area contributed by atoms with Gasteiger partial charge < -0.3 is 10.2 Å². The number of piperidine rings is 1. The van der Waals surface area contributed by atoms with Crippen LogP contribution in [0.3, 0.4) is 0 Å². The fourth-order valence-electron chi connectivity index (χ4n) is 1.66. The van der Waals surface area contributed by atoms with Gasteiger partial charge in [-0.1, -0.05) is 5.11 Å². The van der Waals surface area contributed by atoms with E-state index in [4.69, 9.17) is 15.7 Å². The molecule has 8 heteroatoms. The second-order valence-corrected chi connectivity index (χ2v) is 3.20. The summed E-state index contributed by atoms with van der Waals surface area (Å²) in [5.74, 6) is -1.43. The molecule has 1 fully saturated rings. The van der Waals surface area contributed by atoms with Crippen LogP contribution in [0.1, 0.15) is 19.3 Å². The van der Waals surface area contributed by atoms with E-state index < -0.39 is 17.7 Å². The number of carbonyl (C=O) groups is 2. The van der Waals surface area contributed by atoms with Crippen molar-refractivity contribution in [1.29, 1.82) is 0 Å². The maximum absolute atomic E-state index is 11.0. The lowest BCUT2D eigenvalue weighted by Crippen LogP contribution is -2.57. The first-order chi connectivity index (χ1) is 7.04. The van der Waals surface area contributed by atoms with Crippen LogP contribution in [0, 0.1) is 0 Å². The van der Waals surface area contributed by atoms with Gasteiger partial charge in [0.05, 0.1) is 0 Å². The van der Waals surface area contributed by atoms with E-state index in [1.165, 1.54) is 0 Å². The second-order valence-electron chi connectivity index (χ2n) is 3.20. The van der Waals surface area contributed by atoms with Gasteiger partial charge >= 0.3 is 12.1 Å². The van der Waals surface area contributed by atoms with E-state index in [0.29, 0.717) is 17.7 Å². The molecule has 0 bridgehead atoms. The maximum atomic E-state index is 11.0. The van der Waals surface area contributed by atoms with Crippen molar-refractivity contribution < 1.29 is 19.8 Å². The highest BCUT2D eigenvalue weighted by Crippen LogP contribution is 2.30. The molecule has 0 aromatic carbocycles. The van der Waals surface area contributed by atoms with Crippen LogP contribution in [0.5, 0.6) is 0 Å². The predicted octanol–water partition coefficient (Wildman–Crippen LogP) is 1.24. The summed E-state index contributed by atoms with van der Waals surface area (Å²) < 4.78 is 0. The summed E-state index contributed by atoms with van der Waals surface area (Å²) in [5.41, 5.74) is 6.33. The zero-order valence-electron chi connectivity index (χ0n) is 7.83. The Morgan fingerprint density at radius 1 is 1.40 bits per heavy atom. The van der Waals surface area contributed by atoms with E-state index in [1.54, 1.807) is 0 Å². The number of azide groups is 1. The van der Waals surface area contributed by atoms with Gasteiger partial charge in [0, 0.05) is 11.5 Å². The summed E-state index contributed by atoms with van der Waals surface area (Å²) >= 11 is 0. The predicted molar refractivity (Wildman–Crippen MR) is 48.1 cm³/mol. The fraction of sp³-hybridized carbons (Fsp3) is 0.714. The monoisotopic (exact) mass is 214 g/mol. The third-order valence-electron chi connectivity index (χ3n) is 2.39.